The van der Waals surface area contributed by atoms with Crippen molar-refractivity contribution in [3.63, 3.8) is 0 Å². The minimum atomic E-state index is -3.76. The van der Waals surface area contributed by atoms with E-state index < -0.39 is 10.0 Å². The predicted molar refractivity (Wildman–Crippen MR) is 174 cm³/mol. The lowest BCUT2D eigenvalue weighted by Gasteiger charge is -2.36. The van der Waals surface area contributed by atoms with Gasteiger partial charge >= 0.3 is 0 Å². The summed E-state index contributed by atoms with van der Waals surface area (Å²) in [5.41, 5.74) is 2.37. The van der Waals surface area contributed by atoms with Gasteiger partial charge in [-0.1, -0.05) is 0 Å². The molecule has 1 aliphatic rings. The van der Waals surface area contributed by atoms with Gasteiger partial charge in [-0.05, 0) is 61.0 Å². The molecule has 5 aromatic rings. The average Bonchev–Trinajstić information content (AvgIpc) is 3.56. The van der Waals surface area contributed by atoms with Crippen LogP contribution in [0.2, 0.25) is 0 Å². The van der Waals surface area contributed by atoms with Crippen molar-refractivity contribution >= 4 is 54.6 Å². The Morgan fingerprint density at radius 1 is 0.956 bits per heavy atom. The van der Waals surface area contributed by atoms with E-state index in [9.17, 15) is 12.8 Å². The molecule has 1 aliphatic heterocycles. The number of thiazole rings is 1. The van der Waals surface area contributed by atoms with Crippen molar-refractivity contribution in [1.82, 2.24) is 19.9 Å². The minimum Gasteiger partial charge on any atom is -0.493 e. The van der Waals surface area contributed by atoms with Crippen LogP contribution in [0.25, 0.3) is 10.9 Å². The lowest BCUT2D eigenvalue weighted by molar-refractivity contribution is 0.221. The molecule has 0 aliphatic carbocycles. The van der Waals surface area contributed by atoms with Crippen LogP contribution < -0.4 is 24.4 Å². The maximum Gasteiger partial charge on any atom is 0.263 e. The van der Waals surface area contributed by atoms with Gasteiger partial charge in [0.2, 0.25) is 0 Å². The van der Waals surface area contributed by atoms with Crippen molar-refractivity contribution in [2.24, 2.45) is 0 Å². The average molecular weight is 650 g/mol. The van der Waals surface area contributed by atoms with Crippen LogP contribution in [0, 0.1) is 5.82 Å². The smallest absolute Gasteiger partial charge is 0.263 e. The molecule has 45 heavy (non-hydrogen) atoms. The molecule has 234 valence electrons. The van der Waals surface area contributed by atoms with Crippen LogP contribution in [-0.4, -0.2) is 74.7 Å². The van der Waals surface area contributed by atoms with Crippen LogP contribution in [-0.2, 0) is 10.0 Å². The molecule has 1 saturated heterocycles. The van der Waals surface area contributed by atoms with E-state index in [-0.39, 0.29) is 10.7 Å². The maximum absolute atomic E-state index is 13.3. The molecule has 0 atom stereocenters. The van der Waals surface area contributed by atoms with Crippen LogP contribution in [0.5, 0.6) is 11.5 Å². The molecule has 0 spiro atoms. The maximum atomic E-state index is 13.3. The summed E-state index contributed by atoms with van der Waals surface area (Å²) in [6.45, 7) is 5.04. The fraction of sp³-hybridized carbons (Fsp3) is 0.258. The van der Waals surface area contributed by atoms with Crippen molar-refractivity contribution in [2.75, 3.05) is 61.4 Å². The van der Waals surface area contributed by atoms with Crippen molar-refractivity contribution in [1.29, 1.82) is 0 Å². The van der Waals surface area contributed by atoms with E-state index >= 15 is 0 Å². The van der Waals surface area contributed by atoms with Crippen molar-refractivity contribution in [2.45, 2.75) is 11.3 Å². The number of fused-ring (bicyclic) bond motifs is 1. The molecule has 0 radical (unpaired) electrons. The standard InChI is InChI=1S/C31H32FN7O4S2/c1-42-28-20-27-26(19-29(28)43-17-2-12-38-13-15-39(16-14-38)24-7-3-22(32)4-8-24)30(35-21-34-27)36-23-5-9-25(10-6-23)45(40,41)37-31-33-11-18-44-31/h3-11,18-21H,2,12-17H2,1H3,(H,33,37)(H,34,35,36). The Bertz CT molecular complexity index is 1830. The molecule has 0 bridgehead atoms. The predicted octanol–water partition coefficient (Wildman–Crippen LogP) is 5.37. The highest BCUT2D eigenvalue weighted by atomic mass is 32.2. The van der Waals surface area contributed by atoms with Gasteiger partial charge in [-0.2, -0.15) is 0 Å². The summed E-state index contributed by atoms with van der Waals surface area (Å²) in [6, 6.07) is 16.7. The number of nitrogens with one attached hydrogen (secondary N) is 2. The molecule has 3 heterocycles. The third-order valence-corrected chi connectivity index (χ3v) is 9.61. The molecule has 2 aromatic heterocycles. The Morgan fingerprint density at radius 2 is 1.73 bits per heavy atom. The first kappa shape index (κ1) is 30.5. The van der Waals surface area contributed by atoms with E-state index in [4.69, 9.17) is 9.47 Å². The molecule has 0 saturated carbocycles. The normalized spacial score (nSPS) is 14.0. The third-order valence-electron chi connectivity index (χ3n) is 7.44. The Balaban J connectivity index is 1.07. The van der Waals surface area contributed by atoms with E-state index in [1.807, 2.05) is 24.3 Å². The third kappa shape index (κ3) is 7.41. The first-order valence-corrected chi connectivity index (χ1v) is 16.7. The van der Waals surface area contributed by atoms with E-state index in [0.29, 0.717) is 40.3 Å². The quantitative estimate of drug-likeness (QED) is 0.171. The fourth-order valence-corrected chi connectivity index (χ4v) is 6.88. The molecule has 11 nitrogen and oxygen atoms in total. The number of anilines is 4. The van der Waals surface area contributed by atoms with E-state index in [1.165, 1.54) is 48.1 Å². The lowest BCUT2D eigenvalue weighted by Crippen LogP contribution is -2.46. The Labute approximate surface area is 264 Å². The van der Waals surface area contributed by atoms with Crippen molar-refractivity contribution < 1.29 is 22.3 Å². The number of nitrogens with zero attached hydrogens (tertiary/aromatic N) is 5. The molecule has 6 rings (SSSR count). The van der Waals surface area contributed by atoms with Gasteiger partial charge in [0.1, 0.15) is 18.0 Å². The van der Waals surface area contributed by atoms with E-state index in [1.54, 1.807) is 24.6 Å². The highest BCUT2D eigenvalue weighted by molar-refractivity contribution is 7.93. The molecule has 1 fully saturated rings. The summed E-state index contributed by atoms with van der Waals surface area (Å²) in [4.78, 5) is 17.6. The van der Waals surface area contributed by atoms with Crippen LogP contribution in [0.3, 0.4) is 0 Å². The molecule has 3 aromatic carbocycles. The Hall–Kier alpha value is -4.53. The number of halogens is 1. The van der Waals surface area contributed by atoms with Gasteiger partial charge in [0.15, 0.2) is 16.6 Å². The van der Waals surface area contributed by atoms with Crippen molar-refractivity contribution in [3.8, 4) is 11.5 Å². The lowest BCUT2D eigenvalue weighted by atomic mass is 10.2. The molecule has 0 unspecified atom stereocenters. The summed E-state index contributed by atoms with van der Waals surface area (Å²) in [5.74, 6) is 1.48. The SMILES string of the molecule is COc1cc2ncnc(Nc3ccc(S(=O)(=O)Nc4nccs4)cc3)c2cc1OCCCN1CCN(c2ccc(F)cc2)CC1. The molecular weight excluding hydrogens is 618 g/mol. The number of benzene rings is 3. The second kappa shape index (κ2) is 13.6. The molecular formula is C31H32FN7O4S2. The number of ether oxygens (including phenoxy) is 2. The second-order valence-electron chi connectivity index (χ2n) is 10.3. The summed E-state index contributed by atoms with van der Waals surface area (Å²) in [7, 11) is -2.17. The summed E-state index contributed by atoms with van der Waals surface area (Å²) >= 11 is 1.21. The van der Waals surface area contributed by atoms with E-state index in [2.05, 4.69) is 34.8 Å². The molecule has 2 N–H and O–H groups in total. The first-order valence-electron chi connectivity index (χ1n) is 14.4. The fourth-order valence-electron chi connectivity index (χ4n) is 5.09. The second-order valence-corrected chi connectivity index (χ2v) is 12.9. The Kier molecular flexibility index (Phi) is 9.23. The van der Waals surface area contributed by atoms with Gasteiger partial charge in [0.05, 0.1) is 24.1 Å². The van der Waals surface area contributed by atoms with Gasteiger partial charge < -0.3 is 19.7 Å². The zero-order valence-electron chi connectivity index (χ0n) is 24.5. The highest BCUT2D eigenvalue weighted by Gasteiger charge is 2.18. The first-order chi connectivity index (χ1) is 21.9. The van der Waals surface area contributed by atoms with Crippen molar-refractivity contribution in [3.05, 3.63) is 84.4 Å². The van der Waals surface area contributed by atoms with Crippen LogP contribution in [0.4, 0.5) is 26.7 Å². The molecule has 14 heteroatoms. The van der Waals surface area contributed by atoms with Crippen LogP contribution >= 0.6 is 11.3 Å². The number of hydrogen-bond acceptors (Lipinski definition) is 11. The number of rotatable bonds is 12. The number of hydrogen-bond donors (Lipinski definition) is 2. The van der Waals surface area contributed by atoms with Crippen LogP contribution in [0.1, 0.15) is 6.42 Å². The Morgan fingerprint density at radius 3 is 2.44 bits per heavy atom. The van der Waals surface area contributed by atoms with Gasteiger partial charge in [-0.25, -0.2) is 27.8 Å². The zero-order valence-corrected chi connectivity index (χ0v) is 26.2. The minimum absolute atomic E-state index is 0.117. The highest BCUT2D eigenvalue weighted by Crippen LogP contribution is 2.35. The number of methoxy groups -OCH3 is 1. The van der Waals surface area contributed by atoms with Gasteiger partial charge in [-0.3, -0.25) is 9.62 Å². The van der Waals surface area contributed by atoms with Crippen LogP contribution in [0.15, 0.2) is 83.5 Å². The monoisotopic (exact) mass is 649 g/mol. The largest absolute Gasteiger partial charge is 0.493 e. The van der Waals surface area contributed by atoms with E-state index in [0.717, 1.165) is 50.2 Å². The van der Waals surface area contributed by atoms with Gasteiger partial charge in [0, 0.05) is 67.1 Å². The summed E-state index contributed by atoms with van der Waals surface area (Å²) < 4.78 is 52.9. The molecule has 0 amide bonds. The van der Waals surface area contributed by atoms with Gasteiger partial charge in [-0.15, -0.1) is 11.3 Å². The summed E-state index contributed by atoms with van der Waals surface area (Å²) in [6.07, 6.45) is 3.83. The van der Waals surface area contributed by atoms with Gasteiger partial charge in [0.25, 0.3) is 10.0 Å². The summed E-state index contributed by atoms with van der Waals surface area (Å²) in [5, 5.41) is 5.99. The topological polar surface area (TPSA) is 122 Å². The zero-order chi connectivity index (χ0) is 31.2. The number of sulfonamides is 1. The number of aromatic nitrogens is 3. The number of piperazine rings is 1.